The monoisotopic (exact) mass is 199 g/mol. The number of primary amides is 1. The van der Waals surface area contributed by atoms with Crippen molar-refractivity contribution in [3.63, 3.8) is 0 Å². The van der Waals surface area contributed by atoms with E-state index in [1.807, 2.05) is 0 Å². The van der Waals surface area contributed by atoms with E-state index in [0.29, 0.717) is 0 Å². The number of carbonyl (C=O) groups is 1. The average molecular weight is 199 g/mol. The number of carbonyl (C=O) groups excluding carboxylic acids is 1. The van der Waals surface area contributed by atoms with Crippen molar-refractivity contribution in [2.45, 2.75) is 0 Å². The molecule has 1 fully saturated rings. The molecular formula is C9H17N3O2. The molecule has 1 heterocycles. The third-order valence-corrected chi connectivity index (χ3v) is 2.27. The lowest BCUT2D eigenvalue weighted by Crippen LogP contribution is -2.45. The predicted molar refractivity (Wildman–Crippen MR) is 53.4 cm³/mol. The Morgan fingerprint density at radius 1 is 1.36 bits per heavy atom. The second-order valence-corrected chi connectivity index (χ2v) is 3.32. The zero-order chi connectivity index (χ0) is 10.4. The van der Waals surface area contributed by atoms with E-state index in [9.17, 15) is 4.79 Å². The highest BCUT2D eigenvalue weighted by atomic mass is 16.3. The van der Waals surface area contributed by atoms with Crippen molar-refractivity contribution in [2.75, 3.05) is 39.3 Å². The lowest BCUT2D eigenvalue weighted by atomic mass is 10.3. The van der Waals surface area contributed by atoms with Crippen molar-refractivity contribution < 1.29 is 9.90 Å². The standard InChI is InChI=1S/C9H17N3O2/c10-9(14)1-2-11-3-5-12(6-4-11)7-8-13/h1-2,13H,3-8H2,(H2,10,14). The summed E-state index contributed by atoms with van der Waals surface area (Å²) < 4.78 is 0. The molecular weight excluding hydrogens is 182 g/mol. The highest BCUT2D eigenvalue weighted by molar-refractivity contribution is 5.85. The molecule has 5 heteroatoms. The van der Waals surface area contributed by atoms with Gasteiger partial charge in [-0.2, -0.15) is 0 Å². The van der Waals surface area contributed by atoms with Gasteiger partial charge in [0, 0.05) is 45.0 Å². The molecule has 0 aromatic carbocycles. The maximum absolute atomic E-state index is 10.5. The fraction of sp³-hybridized carbons (Fsp3) is 0.667. The van der Waals surface area contributed by atoms with Gasteiger partial charge < -0.3 is 15.7 Å². The minimum atomic E-state index is -0.414. The van der Waals surface area contributed by atoms with Gasteiger partial charge in [-0.25, -0.2) is 0 Å². The van der Waals surface area contributed by atoms with Crippen molar-refractivity contribution in [2.24, 2.45) is 5.73 Å². The van der Waals surface area contributed by atoms with Crippen LogP contribution in [0.25, 0.3) is 0 Å². The molecule has 1 aliphatic heterocycles. The number of hydrogen-bond acceptors (Lipinski definition) is 4. The van der Waals surface area contributed by atoms with Gasteiger partial charge in [-0.3, -0.25) is 9.69 Å². The summed E-state index contributed by atoms with van der Waals surface area (Å²) in [6.45, 7) is 4.53. The van der Waals surface area contributed by atoms with Gasteiger partial charge in [0.05, 0.1) is 6.61 Å². The highest BCUT2D eigenvalue weighted by Gasteiger charge is 2.13. The van der Waals surface area contributed by atoms with E-state index in [4.69, 9.17) is 10.8 Å². The summed E-state index contributed by atoms with van der Waals surface area (Å²) in [5.41, 5.74) is 4.99. The van der Waals surface area contributed by atoms with Crippen LogP contribution in [0.2, 0.25) is 0 Å². The molecule has 0 aromatic heterocycles. The lowest BCUT2D eigenvalue weighted by Gasteiger charge is -2.33. The van der Waals surface area contributed by atoms with E-state index in [0.717, 1.165) is 32.7 Å². The molecule has 5 nitrogen and oxygen atoms in total. The number of nitrogens with two attached hydrogens (primary N) is 1. The SMILES string of the molecule is NC(=O)C=CN1CCN(CCO)CC1. The van der Waals surface area contributed by atoms with E-state index in [1.165, 1.54) is 6.08 Å². The molecule has 0 bridgehead atoms. The van der Waals surface area contributed by atoms with Gasteiger partial charge in [-0.1, -0.05) is 0 Å². The van der Waals surface area contributed by atoms with Gasteiger partial charge in [0.2, 0.25) is 5.91 Å². The normalized spacial score (nSPS) is 19.1. The van der Waals surface area contributed by atoms with E-state index < -0.39 is 5.91 Å². The van der Waals surface area contributed by atoms with Gasteiger partial charge >= 0.3 is 0 Å². The molecule has 1 rings (SSSR count). The molecule has 1 saturated heterocycles. The van der Waals surface area contributed by atoms with E-state index >= 15 is 0 Å². The maximum Gasteiger partial charge on any atom is 0.242 e. The summed E-state index contributed by atoms with van der Waals surface area (Å²) >= 11 is 0. The van der Waals surface area contributed by atoms with Crippen molar-refractivity contribution >= 4 is 5.91 Å². The van der Waals surface area contributed by atoms with Crippen LogP contribution < -0.4 is 5.73 Å². The third kappa shape index (κ3) is 3.76. The maximum atomic E-state index is 10.5. The Morgan fingerprint density at radius 3 is 2.50 bits per heavy atom. The van der Waals surface area contributed by atoms with Crippen molar-refractivity contribution in [3.05, 3.63) is 12.3 Å². The number of nitrogens with zero attached hydrogens (tertiary/aromatic N) is 2. The van der Waals surface area contributed by atoms with Gasteiger partial charge in [-0.05, 0) is 0 Å². The van der Waals surface area contributed by atoms with Crippen molar-refractivity contribution in [1.29, 1.82) is 0 Å². The molecule has 0 atom stereocenters. The summed E-state index contributed by atoms with van der Waals surface area (Å²) in [5.74, 6) is -0.414. The molecule has 3 N–H and O–H groups in total. The average Bonchev–Trinajstić information content (AvgIpc) is 2.17. The minimum absolute atomic E-state index is 0.205. The zero-order valence-electron chi connectivity index (χ0n) is 8.22. The largest absolute Gasteiger partial charge is 0.395 e. The Hall–Kier alpha value is -1.07. The molecule has 0 aromatic rings. The molecule has 0 saturated carbocycles. The van der Waals surface area contributed by atoms with Crippen LogP contribution >= 0.6 is 0 Å². The van der Waals surface area contributed by atoms with Crippen molar-refractivity contribution in [3.8, 4) is 0 Å². The van der Waals surface area contributed by atoms with E-state index in [2.05, 4.69) is 9.80 Å². The fourth-order valence-electron chi connectivity index (χ4n) is 1.46. The lowest BCUT2D eigenvalue weighted by molar-refractivity contribution is -0.113. The molecule has 0 aliphatic carbocycles. The first kappa shape index (κ1) is 11.0. The van der Waals surface area contributed by atoms with Gasteiger partial charge in [0.1, 0.15) is 0 Å². The van der Waals surface area contributed by atoms with E-state index in [1.54, 1.807) is 6.20 Å². The number of rotatable bonds is 4. The first-order chi connectivity index (χ1) is 6.72. The molecule has 0 radical (unpaired) electrons. The van der Waals surface area contributed by atoms with Gasteiger partial charge in [-0.15, -0.1) is 0 Å². The Bertz CT molecular complexity index is 210. The summed E-state index contributed by atoms with van der Waals surface area (Å²) in [6.07, 6.45) is 3.11. The van der Waals surface area contributed by atoms with Crippen LogP contribution in [0.5, 0.6) is 0 Å². The molecule has 80 valence electrons. The number of β-amino-alcohol motifs (C(OH)–C–C–N with tert-alkyl or cyclic N) is 1. The van der Waals surface area contributed by atoms with Crippen LogP contribution in [0, 0.1) is 0 Å². The highest BCUT2D eigenvalue weighted by Crippen LogP contribution is 2.01. The van der Waals surface area contributed by atoms with Gasteiger partial charge in [0.15, 0.2) is 0 Å². The number of amides is 1. The minimum Gasteiger partial charge on any atom is -0.395 e. The van der Waals surface area contributed by atoms with Crippen molar-refractivity contribution in [1.82, 2.24) is 9.80 Å². The van der Waals surface area contributed by atoms with Crippen LogP contribution in [0.1, 0.15) is 0 Å². The summed E-state index contributed by atoms with van der Waals surface area (Å²) in [5, 5.41) is 8.73. The molecule has 1 aliphatic rings. The predicted octanol–water partition coefficient (Wildman–Crippen LogP) is -1.40. The Labute approximate surface area is 83.8 Å². The molecule has 1 amide bonds. The third-order valence-electron chi connectivity index (χ3n) is 2.27. The summed E-state index contributed by atoms with van der Waals surface area (Å²) in [7, 11) is 0. The van der Waals surface area contributed by atoms with Gasteiger partial charge in [0.25, 0.3) is 0 Å². The quantitative estimate of drug-likeness (QED) is 0.546. The first-order valence-electron chi connectivity index (χ1n) is 4.77. The summed E-state index contributed by atoms with van der Waals surface area (Å²) in [4.78, 5) is 14.7. The zero-order valence-corrected chi connectivity index (χ0v) is 8.22. The summed E-state index contributed by atoms with van der Waals surface area (Å²) in [6, 6.07) is 0. The molecule has 0 spiro atoms. The van der Waals surface area contributed by atoms with Crippen LogP contribution in [-0.4, -0.2) is 60.1 Å². The Kier molecular flexibility index (Phi) is 4.42. The number of aliphatic hydroxyl groups is 1. The molecule has 0 unspecified atom stereocenters. The topological polar surface area (TPSA) is 69.8 Å². The van der Waals surface area contributed by atoms with E-state index in [-0.39, 0.29) is 6.61 Å². The van der Waals surface area contributed by atoms with Crippen LogP contribution in [0.15, 0.2) is 12.3 Å². The second-order valence-electron chi connectivity index (χ2n) is 3.32. The Balaban J connectivity index is 2.25. The number of aliphatic hydroxyl groups excluding tert-OH is 1. The van der Waals surface area contributed by atoms with Crippen LogP contribution in [0.3, 0.4) is 0 Å². The second kappa shape index (κ2) is 5.62. The van der Waals surface area contributed by atoms with Crippen LogP contribution in [-0.2, 0) is 4.79 Å². The fourth-order valence-corrected chi connectivity index (χ4v) is 1.46. The number of hydrogen-bond donors (Lipinski definition) is 2. The number of piperazine rings is 1. The van der Waals surface area contributed by atoms with Crippen LogP contribution in [0.4, 0.5) is 0 Å². The molecule has 14 heavy (non-hydrogen) atoms. The Morgan fingerprint density at radius 2 is 2.00 bits per heavy atom. The smallest absolute Gasteiger partial charge is 0.242 e. The first-order valence-corrected chi connectivity index (χ1v) is 4.77.